The van der Waals surface area contributed by atoms with Crippen molar-refractivity contribution in [1.29, 1.82) is 0 Å². The first-order valence-electron chi connectivity index (χ1n) is 4.68. The molecule has 0 aromatic rings. The second kappa shape index (κ2) is 4.07. The van der Waals surface area contributed by atoms with Crippen LogP contribution in [0.2, 0.25) is 0 Å². The van der Waals surface area contributed by atoms with Gasteiger partial charge in [-0.25, -0.2) is 0 Å². The summed E-state index contributed by atoms with van der Waals surface area (Å²) >= 11 is 0. The van der Waals surface area contributed by atoms with E-state index in [1.54, 1.807) is 14.0 Å². The molecule has 1 saturated carbocycles. The van der Waals surface area contributed by atoms with Crippen molar-refractivity contribution in [3.8, 4) is 0 Å². The Morgan fingerprint density at radius 3 is 2.62 bits per heavy atom. The van der Waals surface area contributed by atoms with Crippen LogP contribution in [0.5, 0.6) is 0 Å². The Labute approximate surface area is 78.8 Å². The number of methoxy groups -OCH3 is 1. The predicted octanol–water partition coefficient (Wildman–Crippen LogP) is 0.0189. The van der Waals surface area contributed by atoms with Crippen molar-refractivity contribution in [3.05, 3.63) is 0 Å². The molecule has 1 atom stereocenters. The quantitative estimate of drug-likeness (QED) is 0.650. The third kappa shape index (κ3) is 2.42. The molecule has 0 saturated heterocycles. The summed E-state index contributed by atoms with van der Waals surface area (Å²) in [5.74, 6) is -0.108. The minimum Gasteiger partial charge on any atom is -0.376 e. The van der Waals surface area contributed by atoms with Crippen LogP contribution in [0.25, 0.3) is 0 Å². The molecule has 0 aromatic heterocycles. The molecule has 4 heteroatoms. The Morgan fingerprint density at radius 1 is 1.69 bits per heavy atom. The van der Waals surface area contributed by atoms with Gasteiger partial charge in [-0.15, -0.1) is 0 Å². The molecule has 1 aliphatic carbocycles. The predicted molar refractivity (Wildman–Crippen MR) is 50.3 cm³/mol. The van der Waals surface area contributed by atoms with Gasteiger partial charge in [0, 0.05) is 13.7 Å². The maximum atomic E-state index is 11.2. The Morgan fingerprint density at radius 2 is 2.31 bits per heavy atom. The van der Waals surface area contributed by atoms with Gasteiger partial charge < -0.3 is 15.8 Å². The van der Waals surface area contributed by atoms with Crippen LogP contribution < -0.4 is 11.1 Å². The van der Waals surface area contributed by atoms with Crippen molar-refractivity contribution in [3.63, 3.8) is 0 Å². The zero-order valence-electron chi connectivity index (χ0n) is 8.30. The maximum absolute atomic E-state index is 11.2. The van der Waals surface area contributed by atoms with Gasteiger partial charge in [0.1, 0.15) is 0 Å². The molecule has 1 aliphatic rings. The third-order valence-corrected chi connectivity index (χ3v) is 2.70. The highest BCUT2D eigenvalue weighted by Gasteiger charge is 2.37. The molecule has 0 spiro atoms. The highest BCUT2D eigenvalue weighted by molar-refractivity contribution is 5.81. The van der Waals surface area contributed by atoms with E-state index in [1.807, 2.05) is 0 Å². The first-order valence-corrected chi connectivity index (χ1v) is 4.68. The second-order valence-electron chi connectivity index (χ2n) is 3.75. The standard InChI is InChI=1S/C9H18N2O2/c1-7(10)8(12)11-6-9(13-2)4-3-5-9/h7H,3-6,10H2,1-2H3,(H,11,12)/t7-/m1/s1. The molecule has 1 fully saturated rings. The number of carbonyl (C=O) groups excluding carboxylic acids is 1. The molecule has 0 aromatic carbocycles. The fourth-order valence-corrected chi connectivity index (χ4v) is 1.43. The fraction of sp³-hybridized carbons (Fsp3) is 0.889. The minimum atomic E-state index is -0.436. The van der Waals surface area contributed by atoms with E-state index in [1.165, 1.54) is 6.42 Å². The van der Waals surface area contributed by atoms with E-state index in [9.17, 15) is 4.79 Å². The number of nitrogens with one attached hydrogen (secondary N) is 1. The van der Waals surface area contributed by atoms with Crippen molar-refractivity contribution in [2.75, 3.05) is 13.7 Å². The second-order valence-corrected chi connectivity index (χ2v) is 3.75. The van der Waals surface area contributed by atoms with Gasteiger partial charge in [0.05, 0.1) is 11.6 Å². The summed E-state index contributed by atoms with van der Waals surface area (Å²) in [7, 11) is 1.69. The Balaban J connectivity index is 2.28. The largest absolute Gasteiger partial charge is 0.376 e. The van der Waals surface area contributed by atoms with Gasteiger partial charge in [0.25, 0.3) is 0 Å². The Kier molecular flexibility index (Phi) is 3.27. The fourth-order valence-electron chi connectivity index (χ4n) is 1.43. The summed E-state index contributed by atoms with van der Waals surface area (Å²) in [6.07, 6.45) is 3.24. The van der Waals surface area contributed by atoms with E-state index in [0.29, 0.717) is 6.54 Å². The molecule has 1 rings (SSSR count). The van der Waals surface area contributed by atoms with Crippen molar-refractivity contribution in [2.24, 2.45) is 5.73 Å². The molecular weight excluding hydrogens is 168 g/mol. The number of nitrogens with two attached hydrogens (primary N) is 1. The third-order valence-electron chi connectivity index (χ3n) is 2.70. The molecular formula is C9H18N2O2. The molecule has 76 valence electrons. The van der Waals surface area contributed by atoms with Gasteiger partial charge >= 0.3 is 0 Å². The maximum Gasteiger partial charge on any atom is 0.236 e. The van der Waals surface area contributed by atoms with Gasteiger partial charge in [0.2, 0.25) is 5.91 Å². The lowest BCUT2D eigenvalue weighted by Crippen LogP contribution is -2.51. The smallest absolute Gasteiger partial charge is 0.236 e. The molecule has 3 N–H and O–H groups in total. The summed E-state index contributed by atoms with van der Waals surface area (Å²) in [4.78, 5) is 11.2. The van der Waals surface area contributed by atoms with E-state index in [2.05, 4.69) is 5.32 Å². The Bertz CT molecular complexity index is 183. The van der Waals surface area contributed by atoms with E-state index in [-0.39, 0.29) is 11.5 Å². The highest BCUT2D eigenvalue weighted by Crippen LogP contribution is 2.34. The van der Waals surface area contributed by atoms with Crippen LogP contribution in [0.15, 0.2) is 0 Å². The molecule has 0 aliphatic heterocycles. The summed E-state index contributed by atoms with van der Waals surface area (Å²) in [6.45, 7) is 2.26. The lowest BCUT2D eigenvalue weighted by Gasteiger charge is -2.40. The van der Waals surface area contributed by atoms with Crippen LogP contribution in [-0.4, -0.2) is 31.2 Å². The van der Waals surface area contributed by atoms with E-state index < -0.39 is 6.04 Å². The molecule has 0 unspecified atom stereocenters. The average molecular weight is 186 g/mol. The van der Waals surface area contributed by atoms with Gasteiger partial charge in [0.15, 0.2) is 0 Å². The van der Waals surface area contributed by atoms with E-state index in [0.717, 1.165) is 12.8 Å². The number of amides is 1. The molecule has 4 nitrogen and oxygen atoms in total. The van der Waals surface area contributed by atoms with Gasteiger partial charge in [-0.05, 0) is 26.2 Å². The number of hydrogen-bond acceptors (Lipinski definition) is 3. The molecule has 0 radical (unpaired) electrons. The number of rotatable bonds is 4. The zero-order valence-corrected chi connectivity index (χ0v) is 8.30. The number of carbonyl (C=O) groups is 1. The van der Waals surface area contributed by atoms with Crippen LogP contribution >= 0.6 is 0 Å². The minimum absolute atomic E-state index is 0.107. The van der Waals surface area contributed by atoms with Crippen LogP contribution in [0.4, 0.5) is 0 Å². The summed E-state index contributed by atoms with van der Waals surface area (Å²) in [6, 6.07) is -0.436. The van der Waals surface area contributed by atoms with Crippen LogP contribution in [0, 0.1) is 0 Å². The Hall–Kier alpha value is -0.610. The molecule has 1 amide bonds. The van der Waals surface area contributed by atoms with Crippen molar-refractivity contribution in [1.82, 2.24) is 5.32 Å². The average Bonchev–Trinajstić information content (AvgIpc) is 2.02. The lowest BCUT2D eigenvalue weighted by atomic mass is 9.80. The lowest BCUT2D eigenvalue weighted by molar-refractivity contribution is -0.125. The first-order chi connectivity index (χ1) is 6.09. The topological polar surface area (TPSA) is 64.3 Å². The molecule has 0 heterocycles. The van der Waals surface area contributed by atoms with E-state index >= 15 is 0 Å². The van der Waals surface area contributed by atoms with Gasteiger partial charge in [-0.1, -0.05) is 0 Å². The summed E-state index contributed by atoms with van der Waals surface area (Å²) < 4.78 is 5.35. The monoisotopic (exact) mass is 186 g/mol. The van der Waals surface area contributed by atoms with E-state index in [4.69, 9.17) is 10.5 Å². The summed E-state index contributed by atoms with van der Waals surface area (Å²) in [5.41, 5.74) is 5.31. The summed E-state index contributed by atoms with van der Waals surface area (Å²) in [5, 5.41) is 2.79. The van der Waals surface area contributed by atoms with Crippen LogP contribution in [0.3, 0.4) is 0 Å². The normalized spacial score (nSPS) is 21.8. The van der Waals surface area contributed by atoms with Crippen molar-refractivity contribution < 1.29 is 9.53 Å². The number of hydrogen-bond donors (Lipinski definition) is 2. The molecule has 0 bridgehead atoms. The van der Waals surface area contributed by atoms with Crippen LogP contribution in [0.1, 0.15) is 26.2 Å². The van der Waals surface area contributed by atoms with Gasteiger partial charge in [-0.2, -0.15) is 0 Å². The van der Waals surface area contributed by atoms with Crippen molar-refractivity contribution in [2.45, 2.75) is 37.8 Å². The van der Waals surface area contributed by atoms with Crippen molar-refractivity contribution >= 4 is 5.91 Å². The highest BCUT2D eigenvalue weighted by atomic mass is 16.5. The SMILES string of the molecule is COC1(CNC(=O)[C@@H](C)N)CCC1. The van der Waals surface area contributed by atoms with Crippen LogP contribution in [-0.2, 0) is 9.53 Å². The zero-order chi connectivity index (χ0) is 9.90. The van der Waals surface area contributed by atoms with Gasteiger partial charge in [-0.3, -0.25) is 4.79 Å². The first kappa shape index (κ1) is 10.5. The number of ether oxygens (including phenoxy) is 1. The molecule has 13 heavy (non-hydrogen) atoms.